The molecule has 0 amide bonds. The van der Waals surface area contributed by atoms with Gasteiger partial charge in [0, 0.05) is 12.6 Å². The molecule has 0 atom stereocenters. The van der Waals surface area contributed by atoms with E-state index in [1.165, 1.54) is 12.5 Å². The van der Waals surface area contributed by atoms with Crippen LogP contribution in [0.25, 0.3) is 0 Å². The van der Waals surface area contributed by atoms with E-state index in [4.69, 9.17) is 9.84 Å². The summed E-state index contributed by atoms with van der Waals surface area (Å²) < 4.78 is 5.12. The van der Waals surface area contributed by atoms with Gasteiger partial charge < -0.3 is 9.84 Å². The molecule has 0 spiro atoms. The Kier molecular flexibility index (Phi) is 5.64. The van der Waals surface area contributed by atoms with Crippen molar-refractivity contribution in [3.63, 3.8) is 0 Å². The molecule has 1 aliphatic rings. The van der Waals surface area contributed by atoms with E-state index in [9.17, 15) is 19.7 Å². The van der Waals surface area contributed by atoms with Gasteiger partial charge in [0.05, 0.1) is 10.5 Å². The summed E-state index contributed by atoms with van der Waals surface area (Å²) >= 11 is 0. The molecule has 0 aromatic heterocycles. The number of carbonyl (C=O) groups is 2. The smallest absolute Gasteiger partial charge is 0.342 e. The average Bonchev–Trinajstić information content (AvgIpc) is 2.55. The Morgan fingerprint density at radius 2 is 1.96 bits per heavy atom. The lowest BCUT2D eigenvalue weighted by Crippen LogP contribution is -2.33. The first-order valence-electron chi connectivity index (χ1n) is 7.40. The Morgan fingerprint density at radius 1 is 1.26 bits per heavy atom. The maximum atomic E-state index is 11.9. The molecule has 0 bridgehead atoms. The second-order valence-corrected chi connectivity index (χ2v) is 5.33. The molecular formula is C15H18N2O6. The number of likely N-dealkylation sites (tertiary alicyclic amines) is 1. The molecule has 23 heavy (non-hydrogen) atoms. The summed E-state index contributed by atoms with van der Waals surface area (Å²) in [7, 11) is 0. The molecule has 1 N–H and O–H groups in total. The van der Waals surface area contributed by atoms with Gasteiger partial charge in [-0.2, -0.15) is 0 Å². The first-order chi connectivity index (χ1) is 11.0. The number of carboxylic acids is 1. The van der Waals surface area contributed by atoms with Crippen LogP contribution in [-0.4, -0.2) is 53.1 Å². The molecule has 1 aromatic carbocycles. The van der Waals surface area contributed by atoms with Crippen molar-refractivity contribution in [2.24, 2.45) is 0 Å². The zero-order chi connectivity index (χ0) is 16.8. The molecular weight excluding hydrogens is 304 g/mol. The number of carbonyl (C=O) groups excluding carboxylic acids is 1. The van der Waals surface area contributed by atoms with Crippen molar-refractivity contribution in [1.82, 2.24) is 4.90 Å². The highest BCUT2D eigenvalue weighted by atomic mass is 16.6. The number of ether oxygens (including phenoxy) is 1. The summed E-state index contributed by atoms with van der Waals surface area (Å²) in [5, 5.41) is 19.8. The number of rotatable bonds is 6. The molecule has 8 nitrogen and oxygen atoms in total. The zero-order valence-electron chi connectivity index (χ0n) is 12.6. The molecule has 124 valence electrons. The third-order valence-corrected chi connectivity index (χ3v) is 3.75. The van der Waals surface area contributed by atoms with E-state index in [1.807, 2.05) is 0 Å². The highest BCUT2D eigenvalue weighted by molar-refractivity contribution is 5.96. The number of benzene rings is 1. The van der Waals surface area contributed by atoms with Crippen LogP contribution >= 0.6 is 0 Å². The maximum Gasteiger partial charge on any atom is 0.342 e. The van der Waals surface area contributed by atoms with E-state index in [1.54, 1.807) is 0 Å². The van der Waals surface area contributed by atoms with Crippen molar-refractivity contribution in [1.29, 1.82) is 0 Å². The highest BCUT2D eigenvalue weighted by Crippen LogP contribution is 2.21. The monoisotopic (exact) mass is 322 g/mol. The second kappa shape index (κ2) is 7.68. The normalized spacial score (nSPS) is 15.1. The molecule has 2 rings (SSSR count). The number of hydrogen-bond acceptors (Lipinski definition) is 6. The number of aromatic carboxylic acids is 1. The predicted octanol–water partition coefficient (Wildman–Crippen LogP) is 1.94. The highest BCUT2D eigenvalue weighted by Gasteiger charge is 2.22. The minimum Gasteiger partial charge on any atom is -0.477 e. The number of piperidine rings is 1. The van der Waals surface area contributed by atoms with Gasteiger partial charge in [0.15, 0.2) is 0 Å². The van der Waals surface area contributed by atoms with E-state index in [-0.39, 0.29) is 12.2 Å². The summed E-state index contributed by atoms with van der Waals surface area (Å²) in [6.07, 6.45) is 3.49. The van der Waals surface area contributed by atoms with Gasteiger partial charge in [0.1, 0.15) is 12.2 Å². The second-order valence-electron chi connectivity index (χ2n) is 5.33. The lowest BCUT2D eigenvalue weighted by Gasteiger charge is -2.25. The van der Waals surface area contributed by atoms with Crippen molar-refractivity contribution in [3.8, 4) is 0 Å². The van der Waals surface area contributed by atoms with Crippen molar-refractivity contribution in [2.75, 3.05) is 26.2 Å². The number of nitro groups is 1. The van der Waals surface area contributed by atoms with Crippen molar-refractivity contribution < 1.29 is 24.4 Å². The largest absolute Gasteiger partial charge is 0.477 e. The minimum absolute atomic E-state index is 0.0275. The van der Waals surface area contributed by atoms with Crippen LogP contribution < -0.4 is 0 Å². The molecule has 1 aliphatic heterocycles. The van der Waals surface area contributed by atoms with Gasteiger partial charge in [0.25, 0.3) is 5.69 Å². The van der Waals surface area contributed by atoms with Crippen LogP contribution in [0.1, 0.15) is 40.0 Å². The van der Waals surface area contributed by atoms with Crippen LogP contribution in [0.2, 0.25) is 0 Å². The zero-order valence-corrected chi connectivity index (χ0v) is 12.6. The first-order valence-corrected chi connectivity index (χ1v) is 7.40. The Morgan fingerprint density at radius 3 is 2.57 bits per heavy atom. The van der Waals surface area contributed by atoms with Crippen LogP contribution in [0.15, 0.2) is 18.2 Å². The average molecular weight is 322 g/mol. The molecule has 1 saturated heterocycles. The molecule has 0 unspecified atom stereocenters. The number of carboxylic acid groups (broad SMARTS) is 1. The summed E-state index contributed by atoms with van der Waals surface area (Å²) in [6, 6.07) is 3.20. The minimum atomic E-state index is -1.42. The molecule has 0 saturated carbocycles. The molecule has 0 radical (unpaired) electrons. The fraction of sp³-hybridized carbons (Fsp3) is 0.467. The summed E-state index contributed by atoms with van der Waals surface area (Å²) in [5.74, 6) is -2.11. The third kappa shape index (κ3) is 4.49. The van der Waals surface area contributed by atoms with Gasteiger partial charge in [0.2, 0.25) is 0 Å². The molecule has 1 aromatic rings. The van der Waals surface area contributed by atoms with Gasteiger partial charge in [-0.25, -0.2) is 9.59 Å². The lowest BCUT2D eigenvalue weighted by molar-refractivity contribution is -0.385. The van der Waals surface area contributed by atoms with Gasteiger partial charge in [-0.1, -0.05) is 6.42 Å². The maximum absolute atomic E-state index is 11.9. The van der Waals surface area contributed by atoms with Crippen LogP contribution in [0, 0.1) is 10.1 Å². The van der Waals surface area contributed by atoms with Crippen LogP contribution in [0.5, 0.6) is 0 Å². The summed E-state index contributed by atoms with van der Waals surface area (Å²) in [4.78, 5) is 35.1. The first kappa shape index (κ1) is 16.9. The molecule has 1 fully saturated rings. The third-order valence-electron chi connectivity index (χ3n) is 3.75. The van der Waals surface area contributed by atoms with Crippen LogP contribution in [-0.2, 0) is 4.74 Å². The Balaban J connectivity index is 1.97. The predicted molar refractivity (Wildman–Crippen MR) is 80.6 cm³/mol. The molecule has 0 aliphatic carbocycles. The lowest BCUT2D eigenvalue weighted by atomic mass is 10.1. The Bertz CT molecular complexity index is 610. The van der Waals surface area contributed by atoms with Gasteiger partial charge >= 0.3 is 11.9 Å². The van der Waals surface area contributed by atoms with Crippen molar-refractivity contribution in [2.45, 2.75) is 19.3 Å². The molecule has 8 heteroatoms. The van der Waals surface area contributed by atoms with Gasteiger partial charge in [-0.15, -0.1) is 0 Å². The van der Waals surface area contributed by atoms with Crippen LogP contribution in [0.3, 0.4) is 0 Å². The van der Waals surface area contributed by atoms with E-state index < -0.39 is 28.1 Å². The van der Waals surface area contributed by atoms with Crippen molar-refractivity contribution >= 4 is 17.6 Å². The fourth-order valence-corrected chi connectivity index (χ4v) is 2.52. The molecule has 1 heterocycles. The number of esters is 1. The fourth-order valence-electron chi connectivity index (χ4n) is 2.52. The SMILES string of the molecule is O=C(OCCN1CCCCC1)c1ccc(C(=O)O)c([N+](=O)[O-])c1. The van der Waals surface area contributed by atoms with Crippen LogP contribution in [0.4, 0.5) is 5.69 Å². The van der Waals surface area contributed by atoms with E-state index in [0.29, 0.717) is 6.54 Å². The number of nitro benzene ring substituents is 1. The summed E-state index contributed by atoms with van der Waals surface area (Å²) in [5.41, 5.74) is -1.11. The Labute approximate surface area is 132 Å². The van der Waals surface area contributed by atoms with Crippen molar-refractivity contribution in [3.05, 3.63) is 39.4 Å². The standard InChI is InChI=1S/C15H18N2O6/c18-14(19)12-5-4-11(10-13(12)17(21)22)15(20)23-9-8-16-6-2-1-3-7-16/h4-5,10H,1-3,6-9H2,(H,18,19). The van der Waals surface area contributed by atoms with Gasteiger partial charge in [-0.05, 0) is 38.1 Å². The Hall–Kier alpha value is -2.48. The van der Waals surface area contributed by atoms with E-state index in [2.05, 4.69) is 4.90 Å². The van der Waals surface area contributed by atoms with Gasteiger partial charge in [-0.3, -0.25) is 15.0 Å². The number of hydrogen-bond donors (Lipinski definition) is 1. The summed E-state index contributed by atoms with van der Waals surface area (Å²) in [6.45, 7) is 2.79. The topological polar surface area (TPSA) is 110 Å². The van der Waals surface area contributed by atoms with E-state index >= 15 is 0 Å². The van der Waals surface area contributed by atoms with E-state index in [0.717, 1.165) is 38.1 Å². The number of nitrogens with zero attached hydrogens (tertiary/aromatic N) is 2. The quantitative estimate of drug-likeness (QED) is 0.484.